The second-order valence-electron chi connectivity index (χ2n) is 7.33. The Morgan fingerprint density at radius 1 is 1.00 bits per heavy atom. The highest BCUT2D eigenvalue weighted by molar-refractivity contribution is 4.89. The van der Waals surface area contributed by atoms with Gasteiger partial charge < -0.3 is 24.8 Å². The van der Waals surface area contributed by atoms with E-state index in [1.54, 1.807) is 0 Å². The van der Waals surface area contributed by atoms with Crippen molar-refractivity contribution in [1.29, 1.82) is 0 Å². The molecule has 5 nitrogen and oxygen atoms in total. The van der Waals surface area contributed by atoms with E-state index in [4.69, 9.17) is 14.6 Å². The minimum Gasteiger partial charge on any atom is -0.394 e. The van der Waals surface area contributed by atoms with E-state index in [2.05, 4.69) is 19.1 Å². The zero-order valence-electron chi connectivity index (χ0n) is 16.5. The average molecular weight is 373 g/mol. The van der Waals surface area contributed by atoms with Crippen molar-refractivity contribution in [2.75, 3.05) is 19.8 Å². The first kappa shape index (κ1) is 23.6. The van der Waals surface area contributed by atoms with Crippen LogP contribution in [0.3, 0.4) is 0 Å². The van der Waals surface area contributed by atoms with Crippen LogP contribution in [0.4, 0.5) is 0 Å². The molecule has 1 heterocycles. The van der Waals surface area contributed by atoms with Crippen molar-refractivity contribution in [3.63, 3.8) is 0 Å². The van der Waals surface area contributed by atoms with Gasteiger partial charge in [0, 0.05) is 6.61 Å². The summed E-state index contributed by atoms with van der Waals surface area (Å²) in [5, 5.41) is 28.6. The molecule has 0 aromatic carbocycles. The van der Waals surface area contributed by atoms with Gasteiger partial charge in [-0.25, -0.2) is 0 Å². The lowest BCUT2D eigenvalue weighted by Gasteiger charge is -2.23. The Morgan fingerprint density at radius 3 is 2.27 bits per heavy atom. The number of hydrogen-bond donors (Lipinski definition) is 3. The van der Waals surface area contributed by atoms with Crippen molar-refractivity contribution < 1.29 is 24.8 Å². The molecule has 0 spiro atoms. The van der Waals surface area contributed by atoms with Gasteiger partial charge in [0.2, 0.25) is 0 Å². The van der Waals surface area contributed by atoms with Crippen LogP contribution in [0.25, 0.3) is 0 Å². The number of unbranched alkanes of at least 4 members (excludes halogenated alkanes) is 9. The van der Waals surface area contributed by atoms with Gasteiger partial charge in [-0.05, 0) is 25.7 Å². The molecule has 26 heavy (non-hydrogen) atoms. The molecule has 1 rings (SSSR count). The molecule has 0 amide bonds. The smallest absolute Gasteiger partial charge is 0.114 e. The molecule has 0 unspecified atom stereocenters. The second-order valence-corrected chi connectivity index (χ2v) is 7.33. The molecule has 5 heteroatoms. The molecule has 0 bridgehead atoms. The molecule has 154 valence electrons. The fourth-order valence-corrected chi connectivity index (χ4v) is 3.30. The van der Waals surface area contributed by atoms with Crippen LogP contribution < -0.4 is 0 Å². The van der Waals surface area contributed by atoms with Crippen LogP contribution in [0, 0.1) is 0 Å². The fourth-order valence-electron chi connectivity index (χ4n) is 3.30. The van der Waals surface area contributed by atoms with Gasteiger partial charge in [0.15, 0.2) is 0 Å². The molecule has 1 fully saturated rings. The molecule has 1 saturated heterocycles. The maximum absolute atomic E-state index is 9.86. The molecule has 0 aliphatic carbocycles. The molecule has 0 aromatic rings. The lowest BCUT2D eigenvalue weighted by atomic mass is 10.1. The van der Waals surface area contributed by atoms with Crippen LogP contribution in [-0.2, 0) is 9.47 Å². The van der Waals surface area contributed by atoms with Crippen molar-refractivity contribution in [3.8, 4) is 0 Å². The van der Waals surface area contributed by atoms with E-state index >= 15 is 0 Å². The first-order chi connectivity index (χ1) is 12.7. The Kier molecular flexibility index (Phi) is 14.1. The van der Waals surface area contributed by atoms with E-state index in [0.29, 0.717) is 6.61 Å². The van der Waals surface area contributed by atoms with Gasteiger partial charge >= 0.3 is 0 Å². The van der Waals surface area contributed by atoms with Gasteiger partial charge in [-0.15, -0.1) is 0 Å². The monoisotopic (exact) mass is 372 g/mol. The van der Waals surface area contributed by atoms with Gasteiger partial charge in [-0.3, -0.25) is 0 Å². The van der Waals surface area contributed by atoms with Crippen LogP contribution >= 0.6 is 0 Å². The molecule has 1 aliphatic heterocycles. The van der Waals surface area contributed by atoms with Crippen LogP contribution in [0.15, 0.2) is 12.2 Å². The summed E-state index contributed by atoms with van der Waals surface area (Å²) in [4.78, 5) is 0. The maximum atomic E-state index is 9.86. The molecule has 4 atom stereocenters. The average Bonchev–Trinajstić information content (AvgIpc) is 3.02. The molecule has 0 radical (unpaired) electrons. The summed E-state index contributed by atoms with van der Waals surface area (Å²) in [5.74, 6) is 0. The highest BCUT2D eigenvalue weighted by atomic mass is 16.6. The number of hydrogen-bond acceptors (Lipinski definition) is 5. The van der Waals surface area contributed by atoms with Gasteiger partial charge in [-0.2, -0.15) is 0 Å². The van der Waals surface area contributed by atoms with E-state index in [9.17, 15) is 10.2 Å². The minimum absolute atomic E-state index is 0.154. The predicted octanol–water partition coefficient (Wildman–Crippen LogP) is 3.35. The van der Waals surface area contributed by atoms with Crippen molar-refractivity contribution in [2.45, 2.75) is 102 Å². The number of allylic oxidation sites excluding steroid dienone is 2. The van der Waals surface area contributed by atoms with Gasteiger partial charge in [-0.1, -0.05) is 64.0 Å². The number of aliphatic hydroxyl groups excluding tert-OH is 3. The van der Waals surface area contributed by atoms with Crippen molar-refractivity contribution in [3.05, 3.63) is 12.2 Å². The predicted molar refractivity (Wildman–Crippen MR) is 104 cm³/mol. The van der Waals surface area contributed by atoms with Crippen LogP contribution in [0.5, 0.6) is 0 Å². The standard InChI is InChI=1S/C21H40O5/c1-2-3-4-5-6-7-8-9-10-11-12-13-14-15-25-21-19(24)17-26-20(21)18(23)16-22/h4-5,18-24H,2-3,6-17H2,1H3/b5-4+/t18-,19+,20+,21+/m0/s1. The third-order valence-corrected chi connectivity index (χ3v) is 4.93. The Labute approximate surface area is 159 Å². The first-order valence-electron chi connectivity index (χ1n) is 10.6. The summed E-state index contributed by atoms with van der Waals surface area (Å²) in [6.07, 6.45) is 15.2. The summed E-state index contributed by atoms with van der Waals surface area (Å²) in [5.41, 5.74) is 0. The van der Waals surface area contributed by atoms with Gasteiger partial charge in [0.1, 0.15) is 24.4 Å². The Hall–Kier alpha value is -0.460. The third kappa shape index (κ3) is 10.0. The number of rotatable bonds is 16. The lowest BCUT2D eigenvalue weighted by Crippen LogP contribution is -2.42. The zero-order chi connectivity index (χ0) is 19.0. The molecule has 3 N–H and O–H groups in total. The van der Waals surface area contributed by atoms with Crippen LogP contribution in [-0.4, -0.2) is 59.6 Å². The Bertz CT molecular complexity index is 347. The second kappa shape index (κ2) is 15.6. The van der Waals surface area contributed by atoms with E-state index in [1.165, 1.54) is 57.8 Å². The van der Waals surface area contributed by atoms with E-state index in [-0.39, 0.29) is 13.2 Å². The molecule has 0 saturated carbocycles. The normalized spacial score (nSPS) is 24.5. The zero-order valence-corrected chi connectivity index (χ0v) is 16.5. The van der Waals surface area contributed by atoms with E-state index in [0.717, 1.165) is 12.8 Å². The Morgan fingerprint density at radius 2 is 1.62 bits per heavy atom. The largest absolute Gasteiger partial charge is 0.394 e. The van der Waals surface area contributed by atoms with E-state index in [1.807, 2.05) is 0 Å². The van der Waals surface area contributed by atoms with Crippen molar-refractivity contribution in [2.24, 2.45) is 0 Å². The SMILES string of the molecule is CCC/C=C/CCCCCCCCCCO[C@H]1[C@@H]([C@@H](O)CO)OC[C@H]1O. The summed E-state index contributed by atoms with van der Waals surface area (Å²) in [6.45, 7) is 2.54. The maximum Gasteiger partial charge on any atom is 0.114 e. The molecule has 1 aliphatic rings. The quantitative estimate of drug-likeness (QED) is 0.286. The summed E-state index contributed by atoms with van der Waals surface area (Å²) in [7, 11) is 0. The number of ether oxygens (including phenoxy) is 2. The summed E-state index contributed by atoms with van der Waals surface area (Å²) < 4.78 is 11.0. The van der Waals surface area contributed by atoms with Gasteiger partial charge in [0.25, 0.3) is 0 Å². The van der Waals surface area contributed by atoms with Crippen LogP contribution in [0.2, 0.25) is 0 Å². The molecule has 0 aromatic heterocycles. The lowest BCUT2D eigenvalue weighted by molar-refractivity contribution is -0.0938. The highest BCUT2D eigenvalue weighted by Gasteiger charge is 2.40. The minimum atomic E-state index is -1.00. The van der Waals surface area contributed by atoms with Crippen molar-refractivity contribution >= 4 is 0 Å². The Balaban J connectivity index is 1.91. The third-order valence-electron chi connectivity index (χ3n) is 4.93. The summed E-state index contributed by atoms with van der Waals surface area (Å²) in [6, 6.07) is 0. The topological polar surface area (TPSA) is 79.2 Å². The highest BCUT2D eigenvalue weighted by Crippen LogP contribution is 2.21. The van der Waals surface area contributed by atoms with Crippen molar-refractivity contribution in [1.82, 2.24) is 0 Å². The number of aliphatic hydroxyl groups is 3. The summed E-state index contributed by atoms with van der Waals surface area (Å²) >= 11 is 0. The van der Waals surface area contributed by atoms with Gasteiger partial charge in [0.05, 0.1) is 13.2 Å². The fraction of sp³-hybridized carbons (Fsp3) is 0.905. The van der Waals surface area contributed by atoms with Crippen LogP contribution in [0.1, 0.15) is 77.6 Å². The molecular weight excluding hydrogens is 332 g/mol. The first-order valence-corrected chi connectivity index (χ1v) is 10.6. The van der Waals surface area contributed by atoms with E-state index < -0.39 is 24.4 Å². The molecular formula is C21H40O5.